The lowest BCUT2D eigenvalue weighted by Crippen LogP contribution is -2.21. The van der Waals surface area contributed by atoms with E-state index in [1.54, 1.807) is 0 Å². The molecular weight excluding hydrogens is 204 g/mol. The van der Waals surface area contributed by atoms with Gasteiger partial charge in [-0.3, -0.25) is 0 Å². The van der Waals surface area contributed by atoms with Crippen molar-refractivity contribution in [2.45, 2.75) is 6.42 Å². The number of halogens is 1. The number of hydrogen-bond donors (Lipinski definition) is 1. The van der Waals surface area contributed by atoms with Crippen LogP contribution in [-0.4, -0.2) is 24.5 Å². The van der Waals surface area contributed by atoms with Gasteiger partial charge in [0.25, 0.3) is 0 Å². The van der Waals surface area contributed by atoms with Crippen LogP contribution in [0, 0.1) is 0 Å². The molecule has 0 bridgehead atoms. The van der Waals surface area contributed by atoms with Crippen LogP contribution in [0.1, 0.15) is 6.42 Å². The van der Waals surface area contributed by atoms with Gasteiger partial charge in [0, 0.05) is 13.1 Å². The molecule has 1 heterocycles. The molecule has 0 aromatic rings. The summed E-state index contributed by atoms with van der Waals surface area (Å²) in [6.45, 7) is 2.90. The fourth-order valence-corrected chi connectivity index (χ4v) is 0.967. The van der Waals surface area contributed by atoms with Gasteiger partial charge in [0.15, 0.2) is 0 Å². The molecule has 0 saturated carbocycles. The topological polar surface area (TPSA) is 29.3 Å². The van der Waals surface area contributed by atoms with Gasteiger partial charge in [-0.15, -0.1) is 17.0 Å². The molecule has 11 heavy (non-hydrogen) atoms. The highest BCUT2D eigenvalue weighted by atomic mass is 79.9. The van der Waals surface area contributed by atoms with Gasteiger partial charge < -0.3 is 10.6 Å². The number of rotatable bonds is 3. The van der Waals surface area contributed by atoms with Gasteiger partial charge in [-0.25, -0.2) is 0 Å². The highest BCUT2D eigenvalue weighted by molar-refractivity contribution is 8.93. The van der Waals surface area contributed by atoms with Crippen molar-refractivity contribution in [3.05, 3.63) is 24.4 Å². The van der Waals surface area contributed by atoms with Gasteiger partial charge in [-0.05, 0) is 25.2 Å². The molecule has 0 radical (unpaired) electrons. The second kappa shape index (κ2) is 6.43. The third-order valence-corrected chi connectivity index (χ3v) is 1.53. The molecule has 0 aliphatic carbocycles. The average Bonchev–Trinajstić information content (AvgIpc) is 2.03. The standard InChI is InChI=1S/C8H14N2.BrH/c9-5-4-8-10-6-2-1-3-7-10;/h1-3,6H,4-5,7-9H2;1H. The molecule has 0 aromatic carbocycles. The molecule has 2 nitrogen and oxygen atoms in total. The fraction of sp³-hybridized carbons (Fsp3) is 0.500. The van der Waals surface area contributed by atoms with Crippen molar-refractivity contribution in [2.75, 3.05) is 19.6 Å². The van der Waals surface area contributed by atoms with E-state index in [1.807, 2.05) is 0 Å². The zero-order valence-electron chi connectivity index (χ0n) is 6.57. The molecule has 0 aromatic heterocycles. The molecular formula is C8H15BrN2. The smallest absolute Gasteiger partial charge is 0.0357 e. The number of nitrogens with two attached hydrogens (primary N) is 1. The highest BCUT2D eigenvalue weighted by Gasteiger charge is 1.96. The van der Waals surface area contributed by atoms with Crippen LogP contribution < -0.4 is 5.73 Å². The van der Waals surface area contributed by atoms with E-state index in [2.05, 4.69) is 29.3 Å². The second-order valence-corrected chi connectivity index (χ2v) is 2.41. The van der Waals surface area contributed by atoms with E-state index < -0.39 is 0 Å². The lowest BCUT2D eigenvalue weighted by atomic mass is 10.3. The zero-order chi connectivity index (χ0) is 7.23. The van der Waals surface area contributed by atoms with Crippen molar-refractivity contribution in [3.63, 3.8) is 0 Å². The van der Waals surface area contributed by atoms with E-state index in [0.29, 0.717) is 0 Å². The summed E-state index contributed by atoms with van der Waals surface area (Å²) >= 11 is 0. The van der Waals surface area contributed by atoms with Gasteiger partial charge >= 0.3 is 0 Å². The molecule has 3 heteroatoms. The maximum absolute atomic E-state index is 5.38. The van der Waals surface area contributed by atoms with E-state index in [9.17, 15) is 0 Å². The lowest BCUT2D eigenvalue weighted by Gasteiger charge is -2.19. The summed E-state index contributed by atoms with van der Waals surface area (Å²) in [5, 5.41) is 0. The van der Waals surface area contributed by atoms with Crippen molar-refractivity contribution < 1.29 is 0 Å². The summed E-state index contributed by atoms with van der Waals surface area (Å²) in [7, 11) is 0. The summed E-state index contributed by atoms with van der Waals surface area (Å²) in [5.41, 5.74) is 5.38. The Labute approximate surface area is 78.5 Å². The van der Waals surface area contributed by atoms with Crippen LogP contribution in [0.25, 0.3) is 0 Å². The van der Waals surface area contributed by atoms with E-state index in [0.717, 1.165) is 26.1 Å². The van der Waals surface area contributed by atoms with E-state index in [1.165, 1.54) is 0 Å². The SMILES string of the molecule is Br.NCCCN1C=CC=CC1. The van der Waals surface area contributed by atoms with E-state index in [-0.39, 0.29) is 17.0 Å². The molecule has 0 spiro atoms. The quantitative estimate of drug-likeness (QED) is 0.775. The van der Waals surface area contributed by atoms with Crippen LogP contribution >= 0.6 is 17.0 Å². The summed E-state index contributed by atoms with van der Waals surface area (Å²) in [6.07, 6.45) is 9.46. The minimum absolute atomic E-state index is 0. The number of hydrogen-bond acceptors (Lipinski definition) is 2. The number of allylic oxidation sites excluding steroid dienone is 2. The van der Waals surface area contributed by atoms with Crippen molar-refractivity contribution in [3.8, 4) is 0 Å². The predicted octanol–water partition coefficient (Wildman–Crippen LogP) is 1.30. The Bertz CT molecular complexity index is 143. The van der Waals surface area contributed by atoms with E-state index >= 15 is 0 Å². The van der Waals surface area contributed by atoms with Crippen LogP contribution in [0.15, 0.2) is 24.4 Å². The normalized spacial score (nSPS) is 14.8. The Morgan fingerprint density at radius 1 is 1.36 bits per heavy atom. The first-order chi connectivity index (χ1) is 4.93. The summed E-state index contributed by atoms with van der Waals surface area (Å²) in [5.74, 6) is 0. The van der Waals surface area contributed by atoms with Crippen LogP contribution in [0.3, 0.4) is 0 Å². The monoisotopic (exact) mass is 218 g/mol. The molecule has 0 amide bonds. The first-order valence-corrected chi connectivity index (χ1v) is 3.71. The van der Waals surface area contributed by atoms with Crippen molar-refractivity contribution >= 4 is 17.0 Å². The molecule has 0 saturated heterocycles. The first-order valence-electron chi connectivity index (χ1n) is 3.71. The van der Waals surface area contributed by atoms with Crippen LogP contribution in [0.5, 0.6) is 0 Å². The number of nitrogens with zero attached hydrogens (tertiary/aromatic N) is 1. The summed E-state index contributed by atoms with van der Waals surface area (Å²) < 4.78 is 0. The molecule has 1 rings (SSSR count). The molecule has 1 aliphatic rings. The lowest BCUT2D eigenvalue weighted by molar-refractivity contribution is 0.406. The Kier molecular flexibility index (Phi) is 6.27. The van der Waals surface area contributed by atoms with Gasteiger partial charge in [0.1, 0.15) is 0 Å². The van der Waals surface area contributed by atoms with Gasteiger partial charge in [0.2, 0.25) is 0 Å². The second-order valence-electron chi connectivity index (χ2n) is 2.41. The van der Waals surface area contributed by atoms with Gasteiger partial charge in [0.05, 0.1) is 0 Å². The van der Waals surface area contributed by atoms with Crippen LogP contribution in [0.2, 0.25) is 0 Å². The minimum atomic E-state index is 0. The Morgan fingerprint density at radius 2 is 2.18 bits per heavy atom. The molecule has 64 valence electrons. The predicted molar refractivity (Wildman–Crippen MR) is 53.8 cm³/mol. The molecule has 1 aliphatic heterocycles. The van der Waals surface area contributed by atoms with E-state index in [4.69, 9.17) is 5.73 Å². The van der Waals surface area contributed by atoms with Crippen molar-refractivity contribution in [1.82, 2.24) is 4.90 Å². The first kappa shape index (κ1) is 10.7. The minimum Gasteiger partial charge on any atom is -0.374 e. The highest BCUT2D eigenvalue weighted by Crippen LogP contribution is 1.98. The van der Waals surface area contributed by atoms with Crippen molar-refractivity contribution in [1.29, 1.82) is 0 Å². The third kappa shape index (κ3) is 4.22. The van der Waals surface area contributed by atoms with Crippen molar-refractivity contribution in [2.24, 2.45) is 5.73 Å². The summed E-state index contributed by atoms with van der Waals surface area (Å²) in [4.78, 5) is 2.26. The average molecular weight is 219 g/mol. The summed E-state index contributed by atoms with van der Waals surface area (Å²) in [6, 6.07) is 0. The Hall–Kier alpha value is -0.280. The maximum atomic E-state index is 5.38. The Balaban J connectivity index is 0.000001000. The fourth-order valence-electron chi connectivity index (χ4n) is 0.967. The zero-order valence-corrected chi connectivity index (χ0v) is 8.28. The molecule has 0 unspecified atom stereocenters. The largest absolute Gasteiger partial charge is 0.374 e. The van der Waals surface area contributed by atoms with Crippen LogP contribution in [0.4, 0.5) is 0 Å². The molecule has 0 atom stereocenters. The van der Waals surface area contributed by atoms with Crippen LogP contribution in [-0.2, 0) is 0 Å². The molecule has 0 fully saturated rings. The van der Waals surface area contributed by atoms with Gasteiger partial charge in [-0.2, -0.15) is 0 Å². The third-order valence-electron chi connectivity index (χ3n) is 1.53. The molecule has 2 N–H and O–H groups in total. The maximum Gasteiger partial charge on any atom is 0.0357 e. The Morgan fingerprint density at radius 3 is 2.73 bits per heavy atom. The van der Waals surface area contributed by atoms with Gasteiger partial charge in [-0.1, -0.05) is 12.2 Å².